The molecule has 0 atom stereocenters. The third-order valence-electron chi connectivity index (χ3n) is 3.27. The van der Waals surface area contributed by atoms with E-state index in [0.717, 1.165) is 16.3 Å². The van der Waals surface area contributed by atoms with Crippen LogP contribution in [0.15, 0.2) is 48.7 Å². The predicted molar refractivity (Wildman–Crippen MR) is 82.7 cm³/mol. The minimum atomic E-state index is 0.310. The van der Waals surface area contributed by atoms with Gasteiger partial charge < -0.3 is 4.74 Å². The summed E-state index contributed by atoms with van der Waals surface area (Å²) >= 11 is 6.19. The van der Waals surface area contributed by atoms with Crippen molar-refractivity contribution in [1.29, 1.82) is 5.26 Å². The van der Waals surface area contributed by atoms with E-state index in [9.17, 15) is 5.26 Å². The lowest BCUT2D eigenvalue weighted by molar-refractivity contribution is 0.466. The molecule has 3 aromatic rings. The molecule has 1 aromatic heterocycles. The van der Waals surface area contributed by atoms with Crippen LogP contribution in [-0.4, -0.2) is 4.98 Å². The van der Waals surface area contributed by atoms with Gasteiger partial charge in [-0.3, -0.25) is 0 Å². The number of hydrogen-bond donors (Lipinski definition) is 0. The minimum Gasteiger partial charge on any atom is -0.437 e. The quantitative estimate of drug-likeness (QED) is 0.678. The van der Waals surface area contributed by atoms with Crippen molar-refractivity contribution in [1.82, 2.24) is 4.98 Å². The molecule has 0 radical (unpaired) electrons. The third-order valence-corrected chi connectivity index (χ3v) is 3.60. The maximum absolute atomic E-state index is 9.24. The molecular weight excluding hydrogens is 284 g/mol. The van der Waals surface area contributed by atoms with Crippen molar-refractivity contribution in [3.63, 3.8) is 0 Å². The summed E-state index contributed by atoms with van der Waals surface area (Å²) in [6.07, 6.45) is 1.63. The zero-order valence-corrected chi connectivity index (χ0v) is 12.1. The molecule has 0 aliphatic heterocycles. The molecule has 1 heterocycles. The highest BCUT2D eigenvalue weighted by molar-refractivity contribution is 6.35. The van der Waals surface area contributed by atoms with Crippen LogP contribution >= 0.6 is 11.6 Å². The first kappa shape index (κ1) is 13.4. The van der Waals surface area contributed by atoms with Gasteiger partial charge in [-0.15, -0.1) is 0 Å². The second-order valence-corrected chi connectivity index (χ2v) is 5.02. The van der Waals surface area contributed by atoms with Gasteiger partial charge in [0.15, 0.2) is 0 Å². The average Bonchev–Trinajstić information content (AvgIpc) is 2.51. The van der Waals surface area contributed by atoms with E-state index in [-0.39, 0.29) is 0 Å². The van der Waals surface area contributed by atoms with Gasteiger partial charge in [0.05, 0.1) is 0 Å². The normalized spacial score (nSPS) is 10.3. The van der Waals surface area contributed by atoms with Crippen LogP contribution in [0.3, 0.4) is 0 Å². The molecule has 2 aromatic carbocycles. The fraction of sp³-hybridized carbons (Fsp3) is 0.0588. The maximum Gasteiger partial charge on any atom is 0.237 e. The molecule has 3 nitrogen and oxygen atoms in total. The molecule has 0 amide bonds. The highest BCUT2D eigenvalue weighted by Gasteiger charge is 2.11. The SMILES string of the molecule is Cc1ccnc(Oc2ccc(Cl)c3ccccc23)c1C#N. The third kappa shape index (κ3) is 2.42. The Balaban J connectivity index is 2.14. The largest absolute Gasteiger partial charge is 0.437 e. The Labute approximate surface area is 127 Å². The molecule has 3 rings (SSSR count). The van der Waals surface area contributed by atoms with Gasteiger partial charge in [-0.2, -0.15) is 5.26 Å². The van der Waals surface area contributed by atoms with Gasteiger partial charge in [0, 0.05) is 22.0 Å². The molecule has 0 aliphatic rings. The zero-order valence-electron chi connectivity index (χ0n) is 11.3. The fourth-order valence-electron chi connectivity index (χ4n) is 2.17. The molecule has 0 aliphatic carbocycles. The molecule has 0 N–H and O–H groups in total. The first-order chi connectivity index (χ1) is 10.2. The molecular formula is C17H11ClN2O. The summed E-state index contributed by atoms with van der Waals surface area (Å²) in [6.45, 7) is 1.85. The van der Waals surface area contributed by atoms with Gasteiger partial charge in [0.2, 0.25) is 5.88 Å². The summed E-state index contributed by atoms with van der Waals surface area (Å²) in [6, 6.07) is 15.2. The highest BCUT2D eigenvalue weighted by Crippen LogP contribution is 2.34. The summed E-state index contributed by atoms with van der Waals surface area (Å²) in [7, 11) is 0. The smallest absolute Gasteiger partial charge is 0.237 e. The number of aromatic nitrogens is 1. The van der Waals surface area contributed by atoms with Crippen LogP contribution in [0.4, 0.5) is 0 Å². The molecule has 0 saturated heterocycles. The van der Waals surface area contributed by atoms with Crippen molar-refractivity contribution in [2.24, 2.45) is 0 Å². The maximum atomic E-state index is 9.24. The van der Waals surface area contributed by atoms with Crippen molar-refractivity contribution >= 4 is 22.4 Å². The second-order valence-electron chi connectivity index (χ2n) is 4.61. The van der Waals surface area contributed by atoms with Crippen LogP contribution in [0.1, 0.15) is 11.1 Å². The van der Waals surface area contributed by atoms with Gasteiger partial charge in [0.1, 0.15) is 17.4 Å². The Morgan fingerprint density at radius 2 is 1.86 bits per heavy atom. The number of aryl methyl sites for hydroxylation is 1. The number of fused-ring (bicyclic) bond motifs is 1. The van der Waals surface area contributed by atoms with Gasteiger partial charge >= 0.3 is 0 Å². The Bertz CT molecular complexity index is 868. The lowest BCUT2D eigenvalue weighted by Gasteiger charge is -2.11. The average molecular weight is 295 g/mol. The van der Waals surface area contributed by atoms with Gasteiger partial charge in [0.25, 0.3) is 0 Å². The van der Waals surface area contributed by atoms with Crippen LogP contribution in [0.25, 0.3) is 10.8 Å². The number of hydrogen-bond acceptors (Lipinski definition) is 3. The number of ether oxygens (including phenoxy) is 1. The summed E-state index contributed by atoms with van der Waals surface area (Å²) in [5.74, 6) is 0.939. The van der Waals surface area contributed by atoms with E-state index in [2.05, 4.69) is 11.1 Å². The zero-order chi connectivity index (χ0) is 14.8. The summed E-state index contributed by atoms with van der Waals surface area (Å²) < 4.78 is 5.86. The van der Waals surface area contributed by atoms with Crippen LogP contribution in [0.5, 0.6) is 11.6 Å². The summed E-state index contributed by atoms with van der Waals surface area (Å²) in [5, 5.41) is 11.7. The summed E-state index contributed by atoms with van der Waals surface area (Å²) in [5.41, 5.74) is 1.28. The fourth-order valence-corrected chi connectivity index (χ4v) is 2.40. The van der Waals surface area contributed by atoms with Crippen LogP contribution in [0.2, 0.25) is 5.02 Å². The van der Waals surface area contributed by atoms with Crippen molar-refractivity contribution in [2.75, 3.05) is 0 Å². The topological polar surface area (TPSA) is 45.9 Å². The van der Waals surface area contributed by atoms with E-state index in [1.807, 2.05) is 31.2 Å². The number of rotatable bonds is 2. The molecule has 21 heavy (non-hydrogen) atoms. The number of nitrogens with zero attached hydrogens (tertiary/aromatic N) is 2. The van der Waals surface area contributed by atoms with E-state index < -0.39 is 0 Å². The first-order valence-corrected chi connectivity index (χ1v) is 6.79. The molecule has 0 unspecified atom stereocenters. The number of benzene rings is 2. The Kier molecular flexibility index (Phi) is 3.47. The minimum absolute atomic E-state index is 0.310. The Morgan fingerprint density at radius 1 is 1.10 bits per heavy atom. The van der Waals surface area contributed by atoms with E-state index in [0.29, 0.717) is 22.2 Å². The van der Waals surface area contributed by atoms with Crippen molar-refractivity contribution in [3.05, 3.63) is 64.8 Å². The van der Waals surface area contributed by atoms with E-state index in [1.165, 1.54) is 0 Å². The van der Waals surface area contributed by atoms with Gasteiger partial charge in [-0.25, -0.2) is 4.98 Å². The number of halogens is 1. The monoisotopic (exact) mass is 294 g/mol. The number of pyridine rings is 1. The Hall–Kier alpha value is -2.57. The van der Waals surface area contributed by atoms with Gasteiger partial charge in [-0.05, 0) is 30.7 Å². The first-order valence-electron chi connectivity index (χ1n) is 6.41. The van der Waals surface area contributed by atoms with Crippen LogP contribution < -0.4 is 4.74 Å². The molecule has 0 bridgehead atoms. The molecule has 102 valence electrons. The molecule has 0 fully saturated rings. The van der Waals surface area contributed by atoms with Crippen molar-refractivity contribution in [3.8, 4) is 17.7 Å². The second kappa shape index (κ2) is 5.43. The van der Waals surface area contributed by atoms with Gasteiger partial charge in [-0.1, -0.05) is 35.9 Å². The van der Waals surface area contributed by atoms with Crippen molar-refractivity contribution < 1.29 is 4.74 Å². The predicted octanol–water partition coefficient (Wildman–Crippen LogP) is 4.86. The molecule has 0 spiro atoms. The van der Waals surface area contributed by atoms with Crippen LogP contribution in [-0.2, 0) is 0 Å². The lowest BCUT2D eigenvalue weighted by Crippen LogP contribution is -1.94. The Morgan fingerprint density at radius 3 is 2.62 bits per heavy atom. The highest BCUT2D eigenvalue weighted by atomic mass is 35.5. The van der Waals surface area contributed by atoms with E-state index >= 15 is 0 Å². The van der Waals surface area contributed by atoms with E-state index in [4.69, 9.17) is 16.3 Å². The standard InChI is InChI=1S/C17H11ClN2O/c1-11-8-9-20-17(14(11)10-19)21-16-7-6-15(18)12-4-2-3-5-13(12)16/h2-9H,1H3. The molecule has 0 saturated carbocycles. The lowest BCUT2D eigenvalue weighted by atomic mass is 10.1. The van der Waals surface area contributed by atoms with Crippen molar-refractivity contribution in [2.45, 2.75) is 6.92 Å². The van der Waals surface area contributed by atoms with Crippen LogP contribution in [0, 0.1) is 18.3 Å². The molecule has 4 heteroatoms. The summed E-state index contributed by atoms with van der Waals surface area (Å²) in [4.78, 5) is 4.16. The number of nitriles is 1. The van der Waals surface area contributed by atoms with E-state index in [1.54, 1.807) is 24.4 Å².